The number of fused-ring (bicyclic) bond motifs is 2. The molecule has 2 aliphatic heterocycles. The molecule has 2 saturated heterocycles. The summed E-state index contributed by atoms with van der Waals surface area (Å²) in [4.78, 5) is 24.8. The first-order valence-electron chi connectivity index (χ1n) is 14.2. The number of likely N-dealkylation sites (tertiary alicyclic amines) is 1. The van der Waals surface area contributed by atoms with Gasteiger partial charge >= 0.3 is 5.97 Å². The van der Waals surface area contributed by atoms with Gasteiger partial charge in [-0.05, 0) is 55.5 Å². The minimum Gasteiger partial charge on any atom is -0.477 e. The van der Waals surface area contributed by atoms with Crippen molar-refractivity contribution in [2.24, 2.45) is 11.8 Å². The van der Waals surface area contributed by atoms with Crippen molar-refractivity contribution in [3.63, 3.8) is 0 Å². The van der Waals surface area contributed by atoms with Gasteiger partial charge in [-0.2, -0.15) is 5.26 Å². The molecule has 3 aromatic heterocycles. The summed E-state index contributed by atoms with van der Waals surface area (Å²) >= 11 is 1.22. The summed E-state index contributed by atoms with van der Waals surface area (Å²) in [5.74, 6) is 0.940. The Kier molecular flexibility index (Phi) is 6.72. The molecule has 3 fully saturated rings. The standard InChI is InChI=1S/C31H30FN5O4S/c1-18-22-15-36(16-27-35-29-24(12-25(42-29)30(38)39)37(27)14-21-7-10-40-21)9-8-31(18,22)26-3-2-4-28(34-26)41-17-20-6-5-19(13-33)11-23(20)32/h2-6,11-12,18,21-22H,7-10,14-17H2,1H3,(H,38,39)/t18?,21-,22?,31?/m0/s1. The number of aromatic nitrogens is 3. The number of aromatic carboxylic acids is 1. The van der Waals surface area contributed by atoms with Gasteiger partial charge in [-0.15, -0.1) is 11.3 Å². The van der Waals surface area contributed by atoms with Crippen LogP contribution in [0.1, 0.15) is 52.1 Å². The van der Waals surface area contributed by atoms with Gasteiger partial charge in [0.2, 0.25) is 5.88 Å². The predicted octanol–water partition coefficient (Wildman–Crippen LogP) is 4.98. The smallest absolute Gasteiger partial charge is 0.346 e. The van der Waals surface area contributed by atoms with Crippen molar-refractivity contribution in [2.45, 2.75) is 51.0 Å². The molecule has 0 amide bonds. The van der Waals surface area contributed by atoms with E-state index in [0.717, 1.165) is 54.4 Å². The van der Waals surface area contributed by atoms with E-state index in [-0.39, 0.29) is 23.7 Å². The minimum atomic E-state index is -0.925. The molecular weight excluding hydrogens is 557 g/mol. The van der Waals surface area contributed by atoms with E-state index < -0.39 is 11.8 Å². The van der Waals surface area contributed by atoms with Crippen LogP contribution in [-0.4, -0.2) is 56.3 Å². The molecule has 1 N–H and O–H groups in total. The van der Waals surface area contributed by atoms with E-state index in [1.165, 1.54) is 17.4 Å². The summed E-state index contributed by atoms with van der Waals surface area (Å²) in [6, 6.07) is 13.9. The number of pyridine rings is 1. The highest BCUT2D eigenvalue weighted by Crippen LogP contribution is 2.63. The fraction of sp³-hybridized carbons (Fsp3) is 0.419. The van der Waals surface area contributed by atoms with E-state index in [1.807, 2.05) is 12.1 Å². The number of nitrogens with zero attached hydrogens (tertiary/aromatic N) is 5. The maximum atomic E-state index is 14.3. The van der Waals surface area contributed by atoms with Crippen molar-refractivity contribution in [2.75, 3.05) is 19.7 Å². The summed E-state index contributed by atoms with van der Waals surface area (Å²) in [5.41, 5.74) is 2.53. The van der Waals surface area contributed by atoms with Crippen LogP contribution in [0.3, 0.4) is 0 Å². The lowest BCUT2D eigenvalue weighted by molar-refractivity contribution is -0.0592. The zero-order valence-corrected chi connectivity index (χ0v) is 23.9. The van der Waals surface area contributed by atoms with Gasteiger partial charge in [0.05, 0.1) is 42.0 Å². The number of benzene rings is 1. The van der Waals surface area contributed by atoms with E-state index >= 15 is 0 Å². The molecule has 7 rings (SSSR count). The normalized spacial score (nSPS) is 25.0. The van der Waals surface area contributed by atoms with Crippen molar-refractivity contribution in [1.29, 1.82) is 5.26 Å². The molecule has 11 heteroatoms. The minimum absolute atomic E-state index is 0.0124. The molecule has 9 nitrogen and oxygen atoms in total. The van der Waals surface area contributed by atoms with Crippen LogP contribution in [0.15, 0.2) is 42.5 Å². The van der Waals surface area contributed by atoms with Gasteiger partial charge in [0.15, 0.2) is 0 Å². The Bertz CT molecular complexity index is 1730. The predicted molar refractivity (Wildman–Crippen MR) is 153 cm³/mol. The molecule has 5 heterocycles. The number of carboxylic acid groups (broad SMARTS) is 1. The fourth-order valence-electron chi connectivity index (χ4n) is 6.73. The summed E-state index contributed by atoms with van der Waals surface area (Å²) in [6.45, 7) is 6.29. The van der Waals surface area contributed by atoms with Gasteiger partial charge in [0.25, 0.3) is 0 Å². The number of carbonyl (C=O) groups is 1. The monoisotopic (exact) mass is 587 g/mol. The van der Waals surface area contributed by atoms with E-state index in [4.69, 9.17) is 24.7 Å². The second-order valence-corrected chi connectivity index (χ2v) is 12.5. The molecule has 0 spiro atoms. The quantitative estimate of drug-likeness (QED) is 0.292. The van der Waals surface area contributed by atoms with E-state index in [0.29, 0.717) is 41.2 Å². The Morgan fingerprint density at radius 1 is 1.31 bits per heavy atom. The summed E-state index contributed by atoms with van der Waals surface area (Å²) in [7, 11) is 0. The Morgan fingerprint density at radius 2 is 2.17 bits per heavy atom. The Balaban J connectivity index is 1.05. The summed E-state index contributed by atoms with van der Waals surface area (Å²) in [6.07, 6.45) is 2.10. The number of thiophene rings is 1. The van der Waals surface area contributed by atoms with Gasteiger partial charge in [0, 0.05) is 30.2 Å². The number of rotatable bonds is 9. The van der Waals surface area contributed by atoms with Crippen LogP contribution in [0.25, 0.3) is 10.3 Å². The molecule has 3 unspecified atom stereocenters. The molecule has 4 aromatic rings. The molecule has 1 saturated carbocycles. The van der Waals surface area contributed by atoms with Crippen LogP contribution in [0.5, 0.6) is 5.88 Å². The van der Waals surface area contributed by atoms with Gasteiger partial charge in [-0.1, -0.05) is 19.1 Å². The highest BCUT2D eigenvalue weighted by atomic mass is 32.1. The van der Waals surface area contributed by atoms with Gasteiger partial charge < -0.3 is 19.1 Å². The fourth-order valence-corrected chi connectivity index (χ4v) is 7.62. The largest absolute Gasteiger partial charge is 0.477 e. The second-order valence-electron chi connectivity index (χ2n) is 11.5. The number of hydrogen-bond donors (Lipinski definition) is 1. The van der Waals surface area contributed by atoms with Crippen molar-refractivity contribution in [3.8, 4) is 11.9 Å². The second kappa shape index (κ2) is 10.5. The molecule has 3 aliphatic rings. The third-order valence-electron chi connectivity index (χ3n) is 9.31. The number of piperidine rings is 1. The third-order valence-corrected chi connectivity index (χ3v) is 10.3. The zero-order chi connectivity index (χ0) is 29.0. The number of imidazole rings is 1. The zero-order valence-electron chi connectivity index (χ0n) is 23.1. The molecule has 0 radical (unpaired) electrons. The van der Waals surface area contributed by atoms with Crippen molar-refractivity contribution in [3.05, 3.63) is 75.8 Å². The average molecular weight is 588 g/mol. The lowest BCUT2D eigenvalue weighted by atomic mass is 9.90. The lowest BCUT2D eigenvalue weighted by Crippen LogP contribution is -2.37. The Morgan fingerprint density at radius 3 is 2.88 bits per heavy atom. The average Bonchev–Trinajstić information content (AvgIpc) is 3.21. The summed E-state index contributed by atoms with van der Waals surface area (Å²) < 4.78 is 28.1. The SMILES string of the molecule is CC1C2CN(Cc3nc4sc(C(=O)O)cc4n3C[C@@H]3CCO3)CCC12c1cccc(OCc2ccc(C#N)cc2F)n1. The summed E-state index contributed by atoms with van der Waals surface area (Å²) in [5, 5.41) is 18.4. The third kappa shape index (κ3) is 4.64. The van der Waals surface area contributed by atoms with Crippen LogP contribution in [0, 0.1) is 29.0 Å². The highest BCUT2D eigenvalue weighted by molar-refractivity contribution is 7.20. The molecule has 0 bridgehead atoms. The van der Waals surface area contributed by atoms with Gasteiger partial charge in [-0.3, -0.25) is 4.90 Å². The molecule has 42 heavy (non-hydrogen) atoms. The van der Waals surface area contributed by atoms with Crippen molar-refractivity contribution < 1.29 is 23.8 Å². The molecular formula is C31H30FN5O4S. The topological polar surface area (TPSA) is 114 Å². The van der Waals surface area contributed by atoms with E-state index in [1.54, 1.807) is 24.3 Å². The first kappa shape index (κ1) is 27.0. The maximum absolute atomic E-state index is 14.3. The van der Waals surface area contributed by atoms with Crippen LogP contribution in [0.2, 0.25) is 0 Å². The number of carboxylic acids is 1. The number of nitriles is 1. The Labute approximate surface area is 246 Å². The molecule has 216 valence electrons. The van der Waals surface area contributed by atoms with Crippen LogP contribution in [-0.2, 0) is 29.8 Å². The van der Waals surface area contributed by atoms with Crippen molar-refractivity contribution in [1.82, 2.24) is 19.4 Å². The molecule has 4 atom stereocenters. The lowest BCUT2D eigenvalue weighted by Gasteiger charge is -2.32. The number of ether oxygens (including phenoxy) is 2. The first-order valence-corrected chi connectivity index (χ1v) is 15.0. The van der Waals surface area contributed by atoms with E-state index in [9.17, 15) is 14.3 Å². The van der Waals surface area contributed by atoms with Crippen LogP contribution >= 0.6 is 11.3 Å². The van der Waals surface area contributed by atoms with Gasteiger partial charge in [-0.25, -0.2) is 19.2 Å². The molecule has 1 aromatic carbocycles. The van der Waals surface area contributed by atoms with E-state index in [2.05, 4.69) is 22.5 Å². The van der Waals surface area contributed by atoms with Gasteiger partial charge in [0.1, 0.15) is 28.0 Å². The number of hydrogen-bond acceptors (Lipinski definition) is 8. The molecule has 1 aliphatic carbocycles. The number of halogens is 1. The van der Waals surface area contributed by atoms with Crippen molar-refractivity contribution >= 4 is 27.7 Å². The maximum Gasteiger partial charge on any atom is 0.346 e. The highest BCUT2D eigenvalue weighted by Gasteiger charge is 2.65. The Hall–Kier alpha value is -3.85. The van der Waals surface area contributed by atoms with Crippen LogP contribution < -0.4 is 4.74 Å². The van der Waals surface area contributed by atoms with Crippen LogP contribution in [0.4, 0.5) is 4.39 Å². The first-order chi connectivity index (χ1) is 20.4.